The number of nitrogens with zero attached hydrogens (tertiary/aromatic N) is 1. The summed E-state index contributed by atoms with van der Waals surface area (Å²) in [5.74, 6) is 0.342. The molecule has 0 saturated heterocycles. The number of anilines is 2. The molecule has 2 heterocycles. The summed E-state index contributed by atoms with van der Waals surface area (Å²) in [6.45, 7) is 3.86. The van der Waals surface area contributed by atoms with Crippen LogP contribution in [0.3, 0.4) is 0 Å². The van der Waals surface area contributed by atoms with Gasteiger partial charge in [-0.3, -0.25) is 14.5 Å². The first-order chi connectivity index (χ1) is 14.1. The maximum absolute atomic E-state index is 12.8. The molecule has 30 heavy (non-hydrogen) atoms. The zero-order valence-electron chi connectivity index (χ0n) is 16.7. The number of halogens is 1. The number of sulfonamides is 1. The summed E-state index contributed by atoms with van der Waals surface area (Å²) < 4.78 is 30.5. The standard InChI is InChI=1S/C20H20ClN3O4S2/c1-11-5-16(28-3)10-22-19(11)17-9-18(29-12(17)2)20(25)23-14-6-13(21)7-15(8-14)24-30(4,26)27/h5-10,24H,1-4H3,(H,23,25). The number of ether oxygens (including phenoxy) is 1. The fourth-order valence-corrected chi connectivity index (χ4v) is 4.60. The monoisotopic (exact) mass is 465 g/mol. The van der Waals surface area contributed by atoms with E-state index in [9.17, 15) is 13.2 Å². The first kappa shape index (κ1) is 22.1. The van der Waals surface area contributed by atoms with Gasteiger partial charge in [-0.15, -0.1) is 11.3 Å². The molecule has 0 aliphatic rings. The third-order valence-corrected chi connectivity index (χ3v) is 6.02. The molecule has 0 saturated carbocycles. The van der Waals surface area contributed by atoms with Gasteiger partial charge in [-0.25, -0.2) is 8.42 Å². The number of amides is 1. The molecule has 0 spiro atoms. The summed E-state index contributed by atoms with van der Waals surface area (Å²) in [5, 5.41) is 3.05. The lowest BCUT2D eigenvalue weighted by atomic mass is 10.1. The third-order valence-electron chi connectivity index (χ3n) is 4.14. The van der Waals surface area contributed by atoms with E-state index in [1.54, 1.807) is 25.4 Å². The number of aromatic nitrogens is 1. The van der Waals surface area contributed by atoms with E-state index in [0.717, 1.165) is 28.0 Å². The van der Waals surface area contributed by atoms with Crippen molar-refractivity contribution in [2.75, 3.05) is 23.4 Å². The highest BCUT2D eigenvalue weighted by Gasteiger charge is 2.17. The highest BCUT2D eigenvalue weighted by molar-refractivity contribution is 7.92. The quantitative estimate of drug-likeness (QED) is 0.549. The molecule has 0 radical (unpaired) electrons. The van der Waals surface area contributed by atoms with Crippen molar-refractivity contribution in [3.8, 4) is 17.0 Å². The van der Waals surface area contributed by atoms with Crippen molar-refractivity contribution in [3.05, 3.63) is 56.9 Å². The molecule has 3 rings (SSSR count). The number of aryl methyl sites for hydroxylation is 2. The maximum Gasteiger partial charge on any atom is 0.265 e. The molecule has 1 aromatic carbocycles. The summed E-state index contributed by atoms with van der Waals surface area (Å²) in [6, 6.07) is 8.19. The summed E-state index contributed by atoms with van der Waals surface area (Å²) in [5.41, 5.74) is 3.24. The molecule has 2 N–H and O–H groups in total. The SMILES string of the molecule is COc1cnc(-c2cc(C(=O)Nc3cc(Cl)cc(NS(C)(=O)=O)c3)sc2C)c(C)c1. The average Bonchev–Trinajstić information content (AvgIpc) is 3.01. The summed E-state index contributed by atoms with van der Waals surface area (Å²) in [4.78, 5) is 18.7. The van der Waals surface area contributed by atoms with Gasteiger partial charge in [-0.2, -0.15) is 0 Å². The van der Waals surface area contributed by atoms with Crippen LogP contribution in [0.1, 0.15) is 20.1 Å². The molecule has 0 aliphatic heterocycles. The molecule has 158 valence electrons. The molecule has 0 unspecified atom stereocenters. The minimum Gasteiger partial charge on any atom is -0.495 e. The van der Waals surface area contributed by atoms with Crippen LogP contribution in [0.5, 0.6) is 5.75 Å². The van der Waals surface area contributed by atoms with Gasteiger partial charge >= 0.3 is 0 Å². The Morgan fingerprint density at radius 3 is 2.47 bits per heavy atom. The van der Waals surface area contributed by atoms with Crippen molar-refractivity contribution in [2.45, 2.75) is 13.8 Å². The van der Waals surface area contributed by atoms with Crippen LogP contribution < -0.4 is 14.8 Å². The molecule has 0 fully saturated rings. The largest absolute Gasteiger partial charge is 0.495 e. The van der Waals surface area contributed by atoms with Crippen molar-refractivity contribution in [1.29, 1.82) is 0 Å². The van der Waals surface area contributed by atoms with E-state index in [0.29, 0.717) is 21.3 Å². The molecular formula is C20H20ClN3O4S2. The fraction of sp³-hybridized carbons (Fsp3) is 0.200. The van der Waals surface area contributed by atoms with Gasteiger partial charge in [0.25, 0.3) is 5.91 Å². The Morgan fingerprint density at radius 1 is 1.13 bits per heavy atom. The smallest absolute Gasteiger partial charge is 0.265 e. The van der Waals surface area contributed by atoms with Crippen LogP contribution in [0.2, 0.25) is 5.02 Å². The highest BCUT2D eigenvalue weighted by Crippen LogP contribution is 2.33. The van der Waals surface area contributed by atoms with Gasteiger partial charge in [-0.1, -0.05) is 11.6 Å². The number of rotatable bonds is 6. The molecular weight excluding hydrogens is 446 g/mol. The van der Waals surface area contributed by atoms with Crippen molar-refractivity contribution in [2.24, 2.45) is 0 Å². The minimum absolute atomic E-state index is 0.265. The highest BCUT2D eigenvalue weighted by atomic mass is 35.5. The van der Waals surface area contributed by atoms with Crippen LogP contribution in [-0.2, 0) is 10.0 Å². The van der Waals surface area contributed by atoms with Crippen LogP contribution >= 0.6 is 22.9 Å². The predicted molar refractivity (Wildman–Crippen MR) is 121 cm³/mol. The minimum atomic E-state index is -3.47. The Kier molecular flexibility index (Phi) is 6.35. The number of carbonyl (C=O) groups excluding carboxylic acids is 1. The van der Waals surface area contributed by atoms with Gasteiger partial charge in [0.05, 0.1) is 35.8 Å². The van der Waals surface area contributed by atoms with Crippen molar-refractivity contribution >= 4 is 50.2 Å². The molecule has 7 nitrogen and oxygen atoms in total. The van der Waals surface area contributed by atoms with E-state index < -0.39 is 10.0 Å². The lowest BCUT2D eigenvalue weighted by Gasteiger charge is -2.09. The summed E-state index contributed by atoms with van der Waals surface area (Å²) in [7, 11) is -1.88. The number of methoxy groups -OCH3 is 1. The number of hydrogen-bond donors (Lipinski definition) is 2. The zero-order chi connectivity index (χ0) is 22.1. The van der Waals surface area contributed by atoms with E-state index >= 15 is 0 Å². The molecule has 2 aromatic heterocycles. The Balaban J connectivity index is 1.86. The molecule has 1 amide bonds. The van der Waals surface area contributed by atoms with Crippen LogP contribution in [0.25, 0.3) is 11.3 Å². The Labute approximate surface area is 184 Å². The second-order valence-electron chi connectivity index (χ2n) is 6.68. The van der Waals surface area contributed by atoms with E-state index in [4.69, 9.17) is 16.3 Å². The van der Waals surface area contributed by atoms with Crippen molar-refractivity contribution < 1.29 is 17.9 Å². The van der Waals surface area contributed by atoms with Crippen molar-refractivity contribution in [3.63, 3.8) is 0 Å². The molecule has 0 bridgehead atoms. The fourth-order valence-electron chi connectivity index (χ4n) is 2.90. The lowest BCUT2D eigenvalue weighted by molar-refractivity contribution is 0.103. The molecule has 10 heteroatoms. The van der Waals surface area contributed by atoms with E-state index in [1.807, 2.05) is 19.9 Å². The number of thiophene rings is 1. The Bertz CT molecular complexity index is 1220. The number of carbonyl (C=O) groups is 1. The van der Waals surface area contributed by atoms with E-state index in [1.165, 1.54) is 23.5 Å². The van der Waals surface area contributed by atoms with Crippen LogP contribution in [-0.4, -0.2) is 32.7 Å². The summed E-state index contributed by atoms with van der Waals surface area (Å²) >= 11 is 7.40. The predicted octanol–water partition coefficient (Wildman–Crippen LogP) is 4.71. The van der Waals surface area contributed by atoms with Gasteiger partial charge < -0.3 is 10.1 Å². The third kappa shape index (κ3) is 5.29. The second kappa shape index (κ2) is 8.63. The normalized spacial score (nSPS) is 11.2. The van der Waals surface area contributed by atoms with E-state index in [-0.39, 0.29) is 11.6 Å². The Morgan fingerprint density at radius 2 is 1.83 bits per heavy atom. The average molecular weight is 466 g/mol. The maximum atomic E-state index is 12.8. The second-order valence-corrected chi connectivity index (χ2v) is 10.1. The van der Waals surface area contributed by atoms with Crippen LogP contribution in [0, 0.1) is 13.8 Å². The zero-order valence-corrected chi connectivity index (χ0v) is 19.1. The number of hydrogen-bond acceptors (Lipinski definition) is 6. The molecule has 0 atom stereocenters. The van der Waals surface area contributed by atoms with Crippen molar-refractivity contribution in [1.82, 2.24) is 4.98 Å². The summed E-state index contributed by atoms with van der Waals surface area (Å²) in [6.07, 6.45) is 2.68. The van der Waals surface area contributed by atoms with Crippen LogP contribution in [0.15, 0.2) is 36.5 Å². The van der Waals surface area contributed by atoms with Crippen LogP contribution in [0.4, 0.5) is 11.4 Å². The number of pyridine rings is 1. The molecule has 0 aliphatic carbocycles. The molecule has 3 aromatic rings. The van der Waals surface area contributed by atoms with Gasteiger partial charge in [-0.05, 0) is 49.7 Å². The lowest BCUT2D eigenvalue weighted by Crippen LogP contribution is -2.12. The number of benzene rings is 1. The van der Waals surface area contributed by atoms with Gasteiger partial charge in [0.15, 0.2) is 0 Å². The van der Waals surface area contributed by atoms with Gasteiger partial charge in [0, 0.05) is 21.2 Å². The Hall–Kier alpha value is -2.62. The van der Waals surface area contributed by atoms with E-state index in [2.05, 4.69) is 15.0 Å². The van der Waals surface area contributed by atoms with Gasteiger partial charge in [0.2, 0.25) is 10.0 Å². The first-order valence-electron chi connectivity index (χ1n) is 8.77. The topological polar surface area (TPSA) is 97.4 Å². The van der Waals surface area contributed by atoms with Gasteiger partial charge in [0.1, 0.15) is 5.75 Å². The number of nitrogens with one attached hydrogen (secondary N) is 2. The first-order valence-corrected chi connectivity index (χ1v) is 11.9.